The Kier molecular flexibility index (Phi) is 3.25. The van der Waals surface area contributed by atoms with E-state index in [1.54, 1.807) is 0 Å². The quantitative estimate of drug-likeness (QED) is 0.624. The van der Waals surface area contributed by atoms with Crippen LogP contribution >= 0.6 is 11.6 Å². The number of alkyl halides is 5. The zero-order valence-electron chi connectivity index (χ0n) is 7.30. The average Bonchev–Trinajstić information content (AvgIpc) is 2.16. The maximum absolute atomic E-state index is 13.1. The molecule has 1 aromatic carbocycles. The summed E-state index contributed by atoms with van der Waals surface area (Å²) in [5.41, 5.74) is -0.229. The van der Waals surface area contributed by atoms with Gasteiger partial charge in [-0.1, -0.05) is 41.9 Å². The van der Waals surface area contributed by atoms with Gasteiger partial charge in [-0.3, -0.25) is 0 Å². The zero-order valence-corrected chi connectivity index (χ0v) is 8.06. The average molecular weight is 243 g/mol. The molecule has 0 aromatic heterocycles. The second-order valence-electron chi connectivity index (χ2n) is 2.93. The fraction of sp³-hybridized carbons (Fsp3) is 0.333. The molecule has 0 heterocycles. The van der Waals surface area contributed by atoms with Gasteiger partial charge in [-0.05, 0) is 5.56 Å². The predicted molar refractivity (Wildman–Crippen MR) is 47.1 cm³/mol. The largest absolute Gasteiger partial charge is 0.439 e. The van der Waals surface area contributed by atoms with Crippen molar-refractivity contribution < 1.29 is 22.7 Å². The summed E-state index contributed by atoms with van der Waals surface area (Å²) in [4.78, 5) is 0. The van der Waals surface area contributed by atoms with Crippen LogP contribution in [0.5, 0.6) is 0 Å². The summed E-state index contributed by atoms with van der Waals surface area (Å²) in [5, 5.41) is 4.98. The molecule has 2 unspecified atom stereocenters. The van der Waals surface area contributed by atoms with E-state index in [1.165, 1.54) is 18.2 Å². The normalized spacial score (nSPS) is 18.3. The zero-order chi connectivity index (χ0) is 11.7. The van der Waals surface area contributed by atoms with E-state index >= 15 is 0 Å². The molecule has 0 aliphatic rings. The predicted octanol–water partition coefficient (Wildman–Crippen LogP) is 3.19. The van der Waals surface area contributed by atoms with Gasteiger partial charge in [0.05, 0.1) is 0 Å². The highest BCUT2D eigenvalue weighted by Crippen LogP contribution is 2.46. The molecule has 1 nitrogen and oxygen atoms in total. The minimum Gasteiger partial charge on any atom is -0.383 e. The first-order valence-electron chi connectivity index (χ1n) is 3.94. The lowest BCUT2D eigenvalue weighted by molar-refractivity contribution is -0.226. The fourth-order valence-corrected chi connectivity index (χ4v) is 1.13. The molecule has 0 amide bonds. The van der Waals surface area contributed by atoms with Crippen LogP contribution in [0.15, 0.2) is 30.3 Å². The third-order valence-electron chi connectivity index (χ3n) is 1.84. The topological polar surface area (TPSA) is 20.2 Å². The van der Waals surface area contributed by atoms with Gasteiger partial charge >= 0.3 is 11.3 Å². The molecule has 6 heteroatoms. The molecule has 0 aliphatic carbocycles. The Bertz CT molecular complexity index is 323. The Morgan fingerprint density at radius 1 is 1.07 bits per heavy atom. The summed E-state index contributed by atoms with van der Waals surface area (Å²) in [6.45, 7) is 0. The summed E-state index contributed by atoms with van der Waals surface area (Å²) in [6.07, 6.45) is -7.77. The molecule has 15 heavy (non-hydrogen) atoms. The lowest BCUT2D eigenvalue weighted by atomic mass is 10.0. The van der Waals surface area contributed by atoms with Gasteiger partial charge in [-0.15, -0.1) is 0 Å². The molecule has 1 rings (SSSR count). The molecule has 0 saturated carbocycles. The number of halogens is 5. The standard InChI is InChI=1S/C9H7ClF4O/c10-8(11,9(12,13)14)7(15)6-4-2-1-3-5-6/h1-5,7,15H. The van der Waals surface area contributed by atoms with Crippen LogP contribution in [0.3, 0.4) is 0 Å². The second-order valence-corrected chi connectivity index (χ2v) is 3.48. The molecule has 1 N–H and O–H groups in total. The van der Waals surface area contributed by atoms with Crippen molar-refractivity contribution in [3.8, 4) is 0 Å². The van der Waals surface area contributed by atoms with E-state index in [2.05, 4.69) is 11.6 Å². The third kappa shape index (κ3) is 2.41. The van der Waals surface area contributed by atoms with Gasteiger partial charge in [0.1, 0.15) is 6.10 Å². The number of aliphatic hydroxyl groups is 1. The minimum atomic E-state index is -5.33. The van der Waals surface area contributed by atoms with E-state index in [0.29, 0.717) is 0 Å². The van der Waals surface area contributed by atoms with E-state index in [1.807, 2.05) is 0 Å². The molecule has 0 aliphatic heterocycles. The van der Waals surface area contributed by atoms with Crippen molar-refractivity contribution in [3.63, 3.8) is 0 Å². The minimum absolute atomic E-state index is 0.229. The van der Waals surface area contributed by atoms with Crippen LogP contribution in [0.25, 0.3) is 0 Å². The Morgan fingerprint density at radius 3 is 1.93 bits per heavy atom. The summed E-state index contributed by atoms with van der Waals surface area (Å²) in [5.74, 6) is 0. The molecule has 0 radical (unpaired) electrons. The van der Waals surface area contributed by atoms with E-state index in [9.17, 15) is 17.6 Å². The molecule has 0 saturated heterocycles. The van der Waals surface area contributed by atoms with Crippen LogP contribution in [0, 0.1) is 0 Å². The lowest BCUT2D eigenvalue weighted by Crippen LogP contribution is -2.41. The van der Waals surface area contributed by atoms with Crippen LogP contribution in [-0.4, -0.2) is 16.4 Å². The second kappa shape index (κ2) is 3.98. The Labute approximate surface area is 88.3 Å². The summed E-state index contributed by atoms with van der Waals surface area (Å²) < 4.78 is 49.4. The van der Waals surface area contributed by atoms with Crippen LogP contribution < -0.4 is 0 Å². The lowest BCUT2D eigenvalue weighted by Gasteiger charge is -2.26. The molecular formula is C9H7ClF4O. The maximum Gasteiger partial charge on any atom is 0.439 e. The fourth-order valence-electron chi connectivity index (χ4n) is 1.000. The number of benzene rings is 1. The van der Waals surface area contributed by atoms with Crippen molar-refractivity contribution in [1.82, 2.24) is 0 Å². The molecular weight excluding hydrogens is 236 g/mol. The molecule has 1 aromatic rings. The van der Waals surface area contributed by atoms with Crippen molar-refractivity contribution in [1.29, 1.82) is 0 Å². The van der Waals surface area contributed by atoms with Crippen molar-refractivity contribution in [3.05, 3.63) is 35.9 Å². The van der Waals surface area contributed by atoms with Crippen molar-refractivity contribution in [2.45, 2.75) is 17.4 Å². The van der Waals surface area contributed by atoms with Crippen molar-refractivity contribution >= 4 is 11.6 Å². The van der Waals surface area contributed by atoms with E-state index < -0.39 is 17.4 Å². The Hall–Kier alpha value is -0.810. The van der Waals surface area contributed by atoms with Gasteiger partial charge in [0.2, 0.25) is 0 Å². The van der Waals surface area contributed by atoms with Crippen LogP contribution in [0.2, 0.25) is 0 Å². The molecule has 84 valence electrons. The summed E-state index contributed by atoms with van der Waals surface area (Å²) in [6, 6.07) is 6.60. The van der Waals surface area contributed by atoms with Crippen molar-refractivity contribution in [2.24, 2.45) is 0 Å². The first kappa shape index (κ1) is 12.3. The first-order chi connectivity index (χ1) is 6.77. The van der Waals surface area contributed by atoms with Gasteiger partial charge in [0, 0.05) is 0 Å². The van der Waals surface area contributed by atoms with Gasteiger partial charge < -0.3 is 5.11 Å². The first-order valence-corrected chi connectivity index (χ1v) is 4.32. The van der Waals surface area contributed by atoms with E-state index in [4.69, 9.17) is 5.11 Å². The highest BCUT2D eigenvalue weighted by molar-refractivity contribution is 6.23. The Morgan fingerprint density at radius 2 is 1.53 bits per heavy atom. The molecule has 0 spiro atoms. The summed E-state index contributed by atoms with van der Waals surface area (Å²) >= 11 is 4.66. The van der Waals surface area contributed by atoms with E-state index in [0.717, 1.165) is 12.1 Å². The van der Waals surface area contributed by atoms with Crippen LogP contribution in [0.1, 0.15) is 11.7 Å². The Balaban J connectivity index is 3.00. The molecule has 0 bridgehead atoms. The third-order valence-corrected chi connectivity index (χ3v) is 2.26. The SMILES string of the molecule is OC(c1ccccc1)C(F)(Cl)C(F)(F)F. The monoisotopic (exact) mass is 242 g/mol. The van der Waals surface area contributed by atoms with Gasteiger partial charge in [0.25, 0.3) is 0 Å². The number of rotatable bonds is 2. The van der Waals surface area contributed by atoms with Crippen LogP contribution in [-0.2, 0) is 0 Å². The van der Waals surface area contributed by atoms with Gasteiger partial charge in [-0.2, -0.15) is 13.2 Å². The van der Waals surface area contributed by atoms with E-state index in [-0.39, 0.29) is 5.56 Å². The summed E-state index contributed by atoms with van der Waals surface area (Å²) in [7, 11) is 0. The van der Waals surface area contributed by atoms with Gasteiger partial charge in [0.15, 0.2) is 0 Å². The highest BCUT2D eigenvalue weighted by Gasteiger charge is 2.60. The highest BCUT2D eigenvalue weighted by atomic mass is 35.5. The van der Waals surface area contributed by atoms with Crippen molar-refractivity contribution in [2.75, 3.05) is 0 Å². The van der Waals surface area contributed by atoms with Crippen LogP contribution in [0.4, 0.5) is 17.6 Å². The number of hydrogen-bond acceptors (Lipinski definition) is 1. The van der Waals surface area contributed by atoms with Gasteiger partial charge in [-0.25, -0.2) is 4.39 Å². The number of hydrogen-bond donors (Lipinski definition) is 1. The molecule has 0 fully saturated rings. The smallest absolute Gasteiger partial charge is 0.383 e. The maximum atomic E-state index is 13.1. The molecule has 2 atom stereocenters. The number of aliphatic hydroxyl groups excluding tert-OH is 1.